The van der Waals surface area contributed by atoms with Crippen LogP contribution in [0.1, 0.15) is 28.7 Å². The van der Waals surface area contributed by atoms with Crippen molar-refractivity contribution in [1.29, 1.82) is 0 Å². The maximum atomic E-state index is 3.62. The van der Waals surface area contributed by atoms with Gasteiger partial charge in [-0.1, -0.05) is 41.1 Å². The van der Waals surface area contributed by atoms with E-state index in [1.807, 2.05) is 11.3 Å². The Morgan fingerprint density at radius 3 is 2.62 bits per heavy atom. The second kappa shape index (κ2) is 8.69. The summed E-state index contributed by atoms with van der Waals surface area (Å²) in [5.41, 5.74) is 1.33. The van der Waals surface area contributed by atoms with Crippen molar-refractivity contribution in [2.75, 3.05) is 13.6 Å². The van der Waals surface area contributed by atoms with Crippen molar-refractivity contribution in [2.45, 2.75) is 33.0 Å². The van der Waals surface area contributed by atoms with Crippen molar-refractivity contribution < 1.29 is 0 Å². The van der Waals surface area contributed by atoms with Crippen molar-refractivity contribution in [2.24, 2.45) is 0 Å². The quantitative estimate of drug-likeness (QED) is 0.684. The number of rotatable bonds is 8. The third-order valence-corrected chi connectivity index (χ3v) is 5.11. The number of nitrogens with zero attached hydrogens (tertiary/aromatic N) is 1. The Labute approximate surface area is 140 Å². The van der Waals surface area contributed by atoms with Crippen molar-refractivity contribution >= 4 is 27.3 Å². The molecule has 0 fully saturated rings. The molecule has 2 nitrogen and oxygen atoms in total. The summed E-state index contributed by atoms with van der Waals surface area (Å²) in [5.74, 6) is 0. The molecule has 0 atom stereocenters. The number of hydrogen-bond acceptors (Lipinski definition) is 3. The summed E-state index contributed by atoms with van der Waals surface area (Å²) < 4.78 is 1.19. The maximum absolute atomic E-state index is 3.62. The van der Waals surface area contributed by atoms with Crippen LogP contribution in [0, 0.1) is 0 Å². The van der Waals surface area contributed by atoms with Crippen LogP contribution in [-0.4, -0.2) is 18.5 Å². The monoisotopic (exact) mass is 366 g/mol. The molecule has 1 aromatic heterocycles. The largest absolute Gasteiger partial charge is 0.312 e. The van der Waals surface area contributed by atoms with Gasteiger partial charge in [-0.3, -0.25) is 4.90 Å². The van der Waals surface area contributed by atoms with E-state index < -0.39 is 0 Å². The van der Waals surface area contributed by atoms with Crippen molar-refractivity contribution in [3.8, 4) is 0 Å². The zero-order valence-corrected chi connectivity index (χ0v) is 15.1. The Hall–Kier alpha value is -0.680. The van der Waals surface area contributed by atoms with E-state index in [1.165, 1.54) is 26.2 Å². The lowest BCUT2D eigenvalue weighted by molar-refractivity contribution is 0.321. The first-order chi connectivity index (χ1) is 10.2. The Morgan fingerprint density at radius 1 is 1.10 bits per heavy atom. The molecule has 0 unspecified atom stereocenters. The number of benzene rings is 1. The van der Waals surface area contributed by atoms with Gasteiger partial charge in [0.15, 0.2) is 0 Å². The van der Waals surface area contributed by atoms with E-state index in [0.717, 1.165) is 26.2 Å². The predicted molar refractivity (Wildman–Crippen MR) is 95.6 cm³/mol. The van der Waals surface area contributed by atoms with Crippen LogP contribution in [0.3, 0.4) is 0 Å². The van der Waals surface area contributed by atoms with Crippen LogP contribution in [0.2, 0.25) is 0 Å². The third kappa shape index (κ3) is 5.55. The van der Waals surface area contributed by atoms with Crippen LogP contribution in [0.25, 0.3) is 0 Å². The summed E-state index contributed by atoms with van der Waals surface area (Å²) in [7, 11) is 2.17. The molecule has 0 saturated carbocycles. The summed E-state index contributed by atoms with van der Waals surface area (Å²) in [6.45, 7) is 6.24. The fourth-order valence-corrected chi connectivity index (χ4v) is 3.71. The summed E-state index contributed by atoms with van der Waals surface area (Å²) in [5, 5.41) is 3.46. The first-order valence-corrected chi connectivity index (χ1v) is 9.00. The van der Waals surface area contributed by atoms with Gasteiger partial charge in [-0.15, -0.1) is 11.3 Å². The van der Waals surface area contributed by atoms with Crippen LogP contribution in [0.4, 0.5) is 0 Å². The SMILES string of the molecule is CCCNCc1ccc(CN(C)Cc2ccccc2Br)s1. The molecule has 1 N–H and O–H groups in total. The molecule has 0 aliphatic carbocycles. The number of thiophene rings is 1. The van der Waals surface area contributed by atoms with Gasteiger partial charge in [0.05, 0.1) is 0 Å². The van der Waals surface area contributed by atoms with Crippen LogP contribution in [0.5, 0.6) is 0 Å². The number of hydrogen-bond donors (Lipinski definition) is 1. The molecule has 0 bridgehead atoms. The van der Waals surface area contributed by atoms with E-state index in [1.54, 1.807) is 0 Å². The Kier molecular flexibility index (Phi) is 6.90. The summed E-state index contributed by atoms with van der Waals surface area (Å²) in [6.07, 6.45) is 1.19. The van der Waals surface area contributed by atoms with E-state index in [4.69, 9.17) is 0 Å². The fourth-order valence-electron chi connectivity index (χ4n) is 2.23. The first kappa shape index (κ1) is 16.7. The van der Waals surface area contributed by atoms with E-state index in [0.29, 0.717) is 0 Å². The molecule has 114 valence electrons. The second-order valence-corrected chi connectivity index (χ2v) is 7.42. The maximum Gasteiger partial charge on any atom is 0.0328 e. The fraction of sp³-hybridized carbons (Fsp3) is 0.412. The zero-order chi connectivity index (χ0) is 15.1. The second-order valence-electron chi connectivity index (χ2n) is 5.31. The standard InChI is InChI=1S/C17H23BrN2S/c1-3-10-19-11-15-8-9-16(21-15)13-20(2)12-14-6-4-5-7-17(14)18/h4-9,19H,3,10-13H2,1-2H3. The van der Waals surface area contributed by atoms with E-state index in [9.17, 15) is 0 Å². The average Bonchev–Trinajstić information content (AvgIpc) is 2.89. The Bertz CT molecular complexity index is 553. The highest BCUT2D eigenvalue weighted by atomic mass is 79.9. The van der Waals surface area contributed by atoms with Gasteiger partial charge in [-0.25, -0.2) is 0 Å². The van der Waals surface area contributed by atoms with E-state index in [2.05, 4.69) is 76.5 Å². The van der Waals surface area contributed by atoms with E-state index >= 15 is 0 Å². The Morgan fingerprint density at radius 2 is 1.86 bits per heavy atom. The minimum atomic E-state index is 0.961. The molecule has 4 heteroatoms. The summed E-state index contributed by atoms with van der Waals surface area (Å²) in [4.78, 5) is 5.21. The average molecular weight is 367 g/mol. The lowest BCUT2D eigenvalue weighted by Crippen LogP contribution is -2.16. The van der Waals surface area contributed by atoms with Gasteiger partial charge in [-0.2, -0.15) is 0 Å². The summed E-state index contributed by atoms with van der Waals surface area (Å²) in [6, 6.07) is 12.9. The van der Waals surface area contributed by atoms with E-state index in [-0.39, 0.29) is 0 Å². The lowest BCUT2D eigenvalue weighted by Gasteiger charge is -2.16. The highest BCUT2D eigenvalue weighted by Crippen LogP contribution is 2.21. The van der Waals surface area contributed by atoms with Crippen LogP contribution >= 0.6 is 27.3 Å². The molecule has 21 heavy (non-hydrogen) atoms. The highest BCUT2D eigenvalue weighted by molar-refractivity contribution is 9.10. The minimum Gasteiger partial charge on any atom is -0.312 e. The molecule has 0 aliphatic rings. The van der Waals surface area contributed by atoms with Gasteiger partial charge in [-0.05, 0) is 43.8 Å². The number of nitrogens with one attached hydrogen (secondary N) is 1. The normalized spacial score (nSPS) is 11.2. The lowest BCUT2D eigenvalue weighted by atomic mass is 10.2. The first-order valence-electron chi connectivity index (χ1n) is 7.39. The molecule has 0 amide bonds. The topological polar surface area (TPSA) is 15.3 Å². The zero-order valence-electron chi connectivity index (χ0n) is 12.7. The molecule has 1 aromatic carbocycles. The minimum absolute atomic E-state index is 0.961. The molecule has 0 radical (unpaired) electrons. The molecular weight excluding hydrogens is 344 g/mol. The highest BCUT2D eigenvalue weighted by Gasteiger charge is 2.06. The van der Waals surface area contributed by atoms with Crippen LogP contribution in [0.15, 0.2) is 40.9 Å². The molecule has 2 rings (SSSR count). The van der Waals surface area contributed by atoms with Gasteiger partial charge in [0.1, 0.15) is 0 Å². The van der Waals surface area contributed by atoms with Crippen LogP contribution in [-0.2, 0) is 19.6 Å². The van der Waals surface area contributed by atoms with Gasteiger partial charge >= 0.3 is 0 Å². The van der Waals surface area contributed by atoms with Gasteiger partial charge in [0.2, 0.25) is 0 Å². The Balaban J connectivity index is 1.85. The molecule has 1 heterocycles. The van der Waals surface area contributed by atoms with Crippen molar-refractivity contribution in [1.82, 2.24) is 10.2 Å². The van der Waals surface area contributed by atoms with Crippen molar-refractivity contribution in [3.63, 3.8) is 0 Å². The van der Waals surface area contributed by atoms with Gasteiger partial charge in [0.25, 0.3) is 0 Å². The van der Waals surface area contributed by atoms with Gasteiger partial charge in [0, 0.05) is 33.9 Å². The molecule has 0 spiro atoms. The summed E-state index contributed by atoms with van der Waals surface area (Å²) >= 11 is 5.53. The number of halogens is 1. The predicted octanol–water partition coefficient (Wildman–Crippen LogP) is 4.64. The molecule has 0 saturated heterocycles. The molecular formula is C17H23BrN2S. The smallest absolute Gasteiger partial charge is 0.0328 e. The third-order valence-electron chi connectivity index (χ3n) is 3.27. The van der Waals surface area contributed by atoms with Gasteiger partial charge < -0.3 is 5.32 Å². The molecule has 2 aromatic rings. The molecule has 0 aliphatic heterocycles. The van der Waals surface area contributed by atoms with Crippen molar-refractivity contribution in [3.05, 3.63) is 56.2 Å². The van der Waals surface area contributed by atoms with Crippen LogP contribution < -0.4 is 5.32 Å².